The Labute approximate surface area is 237 Å². The molecule has 214 valence electrons. The quantitative estimate of drug-likeness (QED) is 0.321. The lowest BCUT2D eigenvalue weighted by molar-refractivity contribution is -0.197. The highest BCUT2D eigenvalue weighted by atomic mass is 16.8. The monoisotopic (exact) mass is 557 g/mol. The number of fused-ring (bicyclic) bond motifs is 3. The number of nitrogens with zero attached hydrogens (tertiary/aromatic N) is 5. The number of ether oxygens (including phenoxy) is 3. The van der Waals surface area contributed by atoms with Gasteiger partial charge in [-0.1, -0.05) is 18.2 Å². The fraction of sp³-hybridized carbons (Fsp3) is 0.533. The van der Waals surface area contributed by atoms with Crippen LogP contribution in [0.2, 0.25) is 0 Å². The molecule has 11 nitrogen and oxygen atoms in total. The van der Waals surface area contributed by atoms with E-state index >= 15 is 0 Å². The van der Waals surface area contributed by atoms with Gasteiger partial charge in [0.2, 0.25) is 0 Å². The highest BCUT2D eigenvalue weighted by molar-refractivity contribution is 5.85. The maximum atomic E-state index is 13.0. The Balaban J connectivity index is 1.02. The third-order valence-corrected chi connectivity index (χ3v) is 8.55. The number of benzene rings is 1. The van der Waals surface area contributed by atoms with Crippen LogP contribution in [-0.2, 0) is 32.0 Å². The molecule has 1 amide bonds. The highest BCUT2D eigenvalue weighted by Crippen LogP contribution is 2.44. The van der Waals surface area contributed by atoms with Gasteiger partial charge in [-0.25, -0.2) is 15.0 Å². The second kappa shape index (κ2) is 9.50. The molecular formula is C30H35N7O4. The van der Waals surface area contributed by atoms with Crippen molar-refractivity contribution in [3.8, 4) is 0 Å². The number of aromatic nitrogens is 5. The average Bonchev–Trinajstić information content (AvgIpc) is 3.81. The number of anilines is 1. The van der Waals surface area contributed by atoms with Crippen LogP contribution < -0.4 is 10.6 Å². The van der Waals surface area contributed by atoms with Crippen LogP contribution in [0.1, 0.15) is 51.3 Å². The van der Waals surface area contributed by atoms with Crippen LogP contribution in [0.4, 0.5) is 5.82 Å². The van der Waals surface area contributed by atoms with Crippen molar-refractivity contribution in [2.24, 2.45) is 5.92 Å². The van der Waals surface area contributed by atoms with Crippen LogP contribution in [0, 0.1) is 5.92 Å². The van der Waals surface area contributed by atoms with Crippen LogP contribution in [0.25, 0.3) is 22.1 Å². The molecule has 2 saturated heterocycles. The lowest BCUT2D eigenvalue weighted by Gasteiger charge is -2.24. The van der Waals surface area contributed by atoms with Gasteiger partial charge >= 0.3 is 0 Å². The Morgan fingerprint density at radius 1 is 1.07 bits per heavy atom. The van der Waals surface area contributed by atoms with Crippen molar-refractivity contribution in [3.63, 3.8) is 0 Å². The van der Waals surface area contributed by atoms with Crippen LogP contribution in [0.3, 0.4) is 0 Å². The molecule has 2 N–H and O–H groups in total. The number of carbonyl (C=O) groups is 1. The number of imidazole rings is 1. The van der Waals surface area contributed by atoms with E-state index in [4.69, 9.17) is 14.2 Å². The molecular weight excluding hydrogens is 522 g/mol. The summed E-state index contributed by atoms with van der Waals surface area (Å²) in [5, 5.41) is 7.84. The molecule has 3 aromatic heterocycles. The van der Waals surface area contributed by atoms with Crippen molar-refractivity contribution in [3.05, 3.63) is 48.7 Å². The van der Waals surface area contributed by atoms with Gasteiger partial charge in [-0.05, 0) is 63.5 Å². The SMILES string of the molecule is CC1(C)O[C@@H]2[C@H](O1)[C@@H](C(=O)NC1CC1)O[C@H]2n1cnc2c(NCCc3cn(CC4CC4)c4ccccc34)ncnc21. The van der Waals surface area contributed by atoms with E-state index in [0.29, 0.717) is 23.5 Å². The van der Waals surface area contributed by atoms with Crippen molar-refractivity contribution < 1.29 is 19.0 Å². The zero-order valence-electron chi connectivity index (χ0n) is 23.3. The van der Waals surface area contributed by atoms with E-state index in [2.05, 4.69) is 60.6 Å². The number of hydrogen-bond acceptors (Lipinski definition) is 8. The van der Waals surface area contributed by atoms with Gasteiger partial charge in [0.05, 0.1) is 6.33 Å². The van der Waals surface area contributed by atoms with Crippen molar-refractivity contribution in [2.45, 2.75) is 88.9 Å². The molecule has 0 unspecified atom stereocenters. The van der Waals surface area contributed by atoms with Gasteiger partial charge in [-0.3, -0.25) is 9.36 Å². The number of carbonyl (C=O) groups excluding carboxylic acids is 1. The Hall–Kier alpha value is -3.54. The molecule has 2 saturated carbocycles. The zero-order chi connectivity index (χ0) is 27.7. The summed E-state index contributed by atoms with van der Waals surface area (Å²) in [5.41, 5.74) is 3.89. The summed E-state index contributed by atoms with van der Waals surface area (Å²) in [6.45, 7) is 5.52. The van der Waals surface area contributed by atoms with E-state index in [-0.39, 0.29) is 11.9 Å². The molecule has 4 aromatic rings. The van der Waals surface area contributed by atoms with E-state index in [9.17, 15) is 4.79 Å². The summed E-state index contributed by atoms with van der Waals surface area (Å²) in [6.07, 6.45) is 8.67. The summed E-state index contributed by atoms with van der Waals surface area (Å²) >= 11 is 0. The average molecular weight is 558 g/mol. The molecule has 2 aliphatic carbocycles. The topological polar surface area (TPSA) is 117 Å². The number of para-hydroxylation sites is 1. The summed E-state index contributed by atoms with van der Waals surface area (Å²) in [4.78, 5) is 26.7. The van der Waals surface area contributed by atoms with E-state index in [0.717, 1.165) is 31.7 Å². The molecule has 11 heteroatoms. The second-order valence-corrected chi connectivity index (χ2v) is 12.3. The molecule has 2 aliphatic heterocycles. The molecule has 1 aromatic carbocycles. The summed E-state index contributed by atoms with van der Waals surface area (Å²) in [6, 6.07) is 8.87. The van der Waals surface area contributed by atoms with Gasteiger partial charge < -0.3 is 29.4 Å². The number of amides is 1. The molecule has 0 bridgehead atoms. The zero-order valence-corrected chi connectivity index (χ0v) is 23.3. The normalized spacial score (nSPS) is 27.0. The lowest BCUT2D eigenvalue weighted by atomic mass is 10.1. The van der Waals surface area contributed by atoms with Gasteiger partial charge in [0, 0.05) is 36.2 Å². The Kier molecular flexibility index (Phi) is 5.84. The minimum atomic E-state index is -0.824. The van der Waals surface area contributed by atoms with E-state index in [1.54, 1.807) is 6.33 Å². The largest absolute Gasteiger partial charge is 0.368 e. The van der Waals surface area contributed by atoms with Gasteiger partial charge in [-0.15, -0.1) is 0 Å². The second-order valence-electron chi connectivity index (χ2n) is 12.3. The Morgan fingerprint density at radius 2 is 1.90 bits per heavy atom. The third-order valence-electron chi connectivity index (χ3n) is 8.55. The van der Waals surface area contributed by atoms with Crippen LogP contribution in [0.15, 0.2) is 43.1 Å². The summed E-state index contributed by atoms with van der Waals surface area (Å²) in [5.74, 6) is 0.494. The predicted octanol–water partition coefficient (Wildman–Crippen LogP) is 3.54. The maximum Gasteiger partial charge on any atom is 0.252 e. The molecule has 8 rings (SSSR count). The van der Waals surface area contributed by atoms with Crippen molar-refractivity contribution in [1.82, 2.24) is 29.4 Å². The molecule has 0 spiro atoms. The first-order valence-corrected chi connectivity index (χ1v) is 14.7. The first-order chi connectivity index (χ1) is 19.9. The Bertz CT molecular complexity index is 1620. The summed E-state index contributed by atoms with van der Waals surface area (Å²) < 4.78 is 22.9. The molecule has 4 aliphatic rings. The predicted molar refractivity (Wildman–Crippen MR) is 151 cm³/mol. The molecule has 4 atom stereocenters. The van der Waals surface area contributed by atoms with Gasteiger partial charge in [0.15, 0.2) is 35.1 Å². The highest BCUT2D eigenvalue weighted by Gasteiger charge is 2.58. The van der Waals surface area contributed by atoms with Gasteiger partial charge in [0.1, 0.15) is 18.5 Å². The van der Waals surface area contributed by atoms with Crippen LogP contribution >= 0.6 is 0 Å². The maximum absolute atomic E-state index is 13.0. The van der Waals surface area contributed by atoms with Gasteiger partial charge in [0.25, 0.3) is 5.91 Å². The minimum absolute atomic E-state index is 0.161. The van der Waals surface area contributed by atoms with Gasteiger partial charge in [-0.2, -0.15) is 0 Å². The van der Waals surface area contributed by atoms with Crippen molar-refractivity contribution >= 4 is 33.8 Å². The summed E-state index contributed by atoms with van der Waals surface area (Å²) in [7, 11) is 0. The molecule has 5 heterocycles. The molecule has 4 fully saturated rings. The smallest absolute Gasteiger partial charge is 0.252 e. The fourth-order valence-corrected chi connectivity index (χ4v) is 6.26. The van der Waals surface area contributed by atoms with Crippen molar-refractivity contribution in [1.29, 1.82) is 0 Å². The van der Waals surface area contributed by atoms with Crippen LogP contribution in [-0.4, -0.2) is 66.7 Å². The fourth-order valence-electron chi connectivity index (χ4n) is 6.26. The standard InChI is InChI=1S/C30H35N7O4/c1-30(2)40-23-24(28(38)35-19-9-10-19)39-29(25(23)41-30)37-16-34-22-26(32-15-33-27(22)37)31-12-11-18-14-36(13-17-7-8-17)21-6-4-3-5-20(18)21/h3-6,14-17,19,23-25,29H,7-13H2,1-2H3,(H,35,38)(H,31,32,33)/t23-,24+,25-,29-/m1/s1. The number of rotatable bonds is 9. The lowest BCUT2D eigenvalue weighted by Crippen LogP contribution is -2.43. The Morgan fingerprint density at radius 3 is 2.73 bits per heavy atom. The van der Waals surface area contributed by atoms with Crippen LogP contribution in [0.5, 0.6) is 0 Å². The van der Waals surface area contributed by atoms with Crippen molar-refractivity contribution in [2.75, 3.05) is 11.9 Å². The van der Waals surface area contributed by atoms with E-state index in [1.807, 2.05) is 18.4 Å². The minimum Gasteiger partial charge on any atom is -0.368 e. The van der Waals surface area contributed by atoms with E-state index in [1.165, 1.54) is 35.6 Å². The number of nitrogens with one attached hydrogen (secondary N) is 2. The van der Waals surface area contributed by atoms with E-state index < -0.39 is 30.3 Å². The molecule has 41 heavy (non-hydrogen) atoms. The first-order valence-electron chi connectivity index (χ1n) is 14.7. The number of hydrogen-bond donors (Lipinski definition) is 2. The first kappa shape index (κ1) is 25.2. The third kappa shape index (κ3) is 4.65. The molecule has 0 radical (unpaired) electrons.